The van der Waals surface area contributed by atoms with Gasteiger partial charge in [-0.15, -0.1) is 0 Å². The predicted molar refractivity (Wildman–Crippen MR) is 68.0 cm³/mol. The topological polar surface area (TPSA) is 63.2 Å². The Kier molecular flexibility index (Phi) is 4.78. The number of carbonyl (C=O) groups excluding carboxylic acids is 1. The van der Waals surface area contributed by atoms with Crippen LogP contribution in [0.1, 0.15) is 46.5 Å². The second-order valence-electron chi connectivity index (χ2n) is 6.33. The van der Waals surface area contributed by atoms with Crippen LogP contribution in [0.4, 0.5) is 13.2 Å². The fraction of sp³-hybridized carbons (Fsp3) is 0.917. The Balaban J connectivity index is 2.61. The van der Waals surface area contributed by atoms with E-state index in [9.17, 15) is 26.4 Å². The van der Waals surface area contributed by atoms with E-state index in [0.29, 0.717) is 31.6 Å². The van der Waals surface area contributed by atoms with Crippen LogP contribution in [0.2, 0.25) is 0 Å². The van der Waals surface area contributed by atoms with Gasteiger partial charge in [0.1, 0.15) is 0 Å². The van der Waals surface area contributed by atoms with E-state index in [2.05, 4.69) is 20.8 Å². The van der Waals surface area contributed by atoms with Gasteiger partial charge in [-0.05, 0) is 37.0 Å². The first kappa shape index (κ1) is 17.3. The molecule has 1 saturated carbocycles. The molecule has 0 bridgehead atoms. The Labute approximate surface area is 117 Å². The summed E-state index contributed by atoms with van der Waals surface area (Å²) in [6, 6.07) is 0. The van der Waals surface area contributed by atoms with E-state index in [4.69, 9.17) is 0 Å². The summed E-state index contributed by atoms with van der Waals surface area (Å²) >= 11 is 0. The average molecular weight is 315 g/mol. The van der Waals surface area contributed by atoms with Crippen molar-refractivity contribution in [3.8, 4) is 0 Å². The zero-order chi connectivity index (χ0) is 15.8. The molecule has 1 N–H and O–H groups in total. The van der Waals surface area contributed by atoms with Crippen LogP contribution in [0.5, 0.6) is 0 Å². The predicted octanol–water partition coefficient (Wildman–Crippen LogP) is 2.80. The third kappa shape index (κ3) is 4.10. The number of sulfonamides is 1. The van der Waals surface area contributed by atoms with Crippen LogP contribution in [-0.4, -0.2) is 19.8 Å². The Morgan fingerprint density at radius 1 is 1.05 bits per heavy atom. The molecule has 0 aromatic carbocycles. The van der Waals surface area contributed by atoms with Crippen molar-refractivity contribution in [1.82, 2.24) is 4.72 Å². The number of halogens is 3. The van der Waals surface area contributed by atoms with E-state index in [0.717, 1.165) is 4.72 Å². The van der Waals surface area contributed by atoms with Crippen LogP contribution in [0.3, 0.4) is 0 Å². The molecule has 1 aliphatic rings. The first-order chi connectivity index (χ1) is 8.84. The second-order valence-corrected chi connectivity index (χ2v) is 8.00. The molecule has 0 aromatic rings. The molecule has 0 aliphatic heterocycles. The molecule has 1 fully saturated rings. The fourth-order valence-corrected chi connectivity index (χ4v) is 3.04. The van der Waals surface area contributed by atoms with Gasteiger partial charge in [-0.3, -0.25) is 4.79 Å². The second kappa shape index (κ2) is 5.54. The lowest BCUT2D eigenvalue weighted by Gasteiger charge is -2.36. The molecule has 0 aromatic heterocycles. The van der Waals surface area contributed by atoms with Crippen molar-refractivity contribution in [1.29, 1.82) is 0 Å². The standard InChI is InChI=1S/C12H20F3NO3S/c1-11(2,3)9-6-4-8(5-7-9)10(17)16-20(18,19)12(13,14)15/h8-9H,4-7H2,1-3H3,(H,16,17). The van der Waals surface area contributed by atoms with Gasteiger partial charge in [-0.2, -0.15) is 21.6 Å². The molecule has 0 heterocycles. The zero-order valence-corrected chi connectivity index (χ0v) is 12.6. The molecule has 0 radical (unpaired) electrons. The molecule has 4 nitrogen and oxygen atoms in total. The minimum atomic E-state index is -5.59. The molecule has 0 atom stereocenters. The normalized spacial score (nSPS) is 25.3. The van der Waals surface area contributed by atoms with Gasteiger partial charge in [0, 0.05) is 5.92 Å². The summed E-state index contributed by atoms with van der Waals surface area (Å²) in [6.45, 7) is 6.23. The molecule has 0 saturated heterocycles. The van der Waals surface area contributed by atoms with Crippen molar-refractivity contribution >= 4 is 15.9 Å². The van der Waals surface area contributed by atoms with Crippen molar-refractivity contribution in [3.05, 3.63) is 0 Å². The van der Waals surface area contributed by atoms with Gasteiger partial charge in [0.25, 0.3) is 0 Å². The molecular weight excluding hydrogens is 295 g/mol. The highest BCUT2D eigenvalue weighted by molar-refractivity contribution is 7.90. The minimum absolute atomic E-state index is 0.0828. The van der Waals surface area contributed by atoms with Gasteiger partial charge < -0.3 is 0 Å². The monoisotopic (exact) mass is 315 g/mol. The maximum atomic E-state index is 12.2. The Bertz CT molecular complexity index is 457. The van der Waals surface area contributed by atoms with E-state index in [1.54, 1.807) is 0 Å². The van der Waals surface area contributed by atoms with Crippen LogP contribution in [0.15, 0.2) is 0 Å². The smallest absolute Gasteiger partial charge is 0.274 e. The highest BCUT2D eigenvalue weighted by atomic mass is 32.2. The highest BCUT2D eigenvalue weighted by Gasteiger charge is 2.47. The zero-order valence-electron chi connectivity index (χ0n) is 11.8. The Morgan fingerprint density at radius 2 is 1.50 bits per heavy atom. The van der Waals surface area contributed by atoms with Crippen molar-refractivity contribution in [2.75, 3.05) is 0 Å². The maximum Gasteiger partial charge on any atom is 0.516 e. The molecule has 1 amide bonds. The summed E-state index contributed by atoms with van der Waals surface area (Å²) in [4.78, 5) is 11.6. The summed E-state index contributed by atoms with van der Waals surface area (Å²) in [5.41, 5.74) is -5.37. The van der Waals surface area contributed by atoms with Crippen molar-refractivity contribution < 1.29 is 26.4 Å². The van der Waals surface area contributed by atoms with E-state index >= 15 is 0 Å². The molecule has 1 aliphatic carbocycles. The Hall–Kier alpha value is -0.790. The minimum Gasteiger partial charge on any atom is -0.274 e. The van der Waals surface area contributed by atoms with Crippen LogP contribution in [0, 0.1) is 17.3 Å². The van der Waals surface area contributed by atoms with Crippen molar-refractivity contribution in [2.45, 2.75) is 52.0 Å². The molecule has 1 rings (SSSR count). The van der Waals surface area contributed by atoms with Gasteiger partial charge in [-0.1, -0.05) is 20.8 Å². The SMILES string of the molecule is CC(C)(C)C1CCC(C(=O)NS(=O)(=O)C(F)(F)F)CC1. The number of hydrogen-bond donors (Lipinski definition) is 1. The number of hydrogen-bond acceptors (Lipinski definition) is 3. The van der Waals surface area contributed by atoms with Crippen LogP contribution >= 0.6 is 0 Å². The number of rotatable bonds is 2. The van der Waals surface area contributed by atoms with E-state index in [1.807, 2.05) is 0 Å². The quantitative estimate of drug-likeness (QED) is 0.852. The fourth-order valence-electron chi connectivity index (χ4n) is 2.50. The third-order valence-electron chi connectivity index (χ3n) is 3.86. The van der Waals surface area contributed by atoms with Crippen LogP contribution in [0.25, 0.3) is 0 Å². The molecule has 20 heavy (non-hydrogen) atoms. The van der Waals surface area contributed by atoms with Crippen LogP contribution < -0.4 is 4.72 Å². The number of amides is 1. The van der Waals surface area contributed by atoms with Crippen molar-refractivity contribution in [3.63, 3.8) is 0 Å². The van der Waals surface area contributed by atoms with Gasteiger partial charge in [-0.25, -0.2) is 4.72 Å². The molecule has 0 unspecified atom stereocenters. The summed E-state index contributed by atoms with van der Waals surface area (Å²) in [7, 11) is -5.59. The average Bonchev–Trinajstić information content (AvgIpc) is 2.26. The van der Waals surface area contributed by atoms with Gasteiger partial charge in [0.05, 0.1) is 0 Å². The van der Waals surface area contributed by atoms with Gasteiger partial charge >= 0.3 is 15.5 Å². The van der Waals surface area contributed by atoms with E-state index in [1.165, 1.54) is 0 Å². The lowest BCUT2D eigenvalue weighted by atomic mass is 9.70. The third-order valence-corrected chi connectivity index (χ3v) is 4.94. The molecule has 0 spiro atoms. The van der Waals surface area contributed by atoms with E-state index in [-0.39, 0.29) is 5.41 Å². The highest BCUT2D eigenvalue weighted by Crippen LogP contribution is 2.40. The summed E-state index contributed by atoms with van der Waals surface area (Å²) in [5.74, 6) is -1.31. The molecule has 118 valence electrons. The van der Waals surface area contributed by atoms with E-state index < -0.39 is 27.4 Å². The lowest BCUT2D eigenvalue weighted by molar-refractivity contribution is -0.125. The summed E-state index contributed by atoms with van der Waals surface area (Å²) < 4.78 is 59.4. The Morgan fingerprint density at radius 3 is 1.85 bits per heavy atom. The summed E-state index contributed by atoms with van der Waals surface area (Å²) in [5, 5.41) is 0. The molecule has 8 heteroatoms. The maximum absolute atomic E-state index is 12.2. The first-order valence-corrected chi connectivity index (χ1v) is 7.96. The van der Waals surface area contributed by atoms with Gasteiger partial charge in [0.2, 0.25) is 5.91 Å². The largest absolute Gasteiger partial charge is 0.516 e. The molecular formula is C12H20F3NO3S. The van der Waals surface area contributed by atoms with Crippen molar-refractivity contribution in [2.24, 2.45) is 17.3 Å². The first-order valence-electron chi connectivity index (χ1n) is 6.47. The summed E-state index contributed by atoms with van der Waals surface area (Å²) in [6.07, 6.45) is 2.27. The number of nitrogens with one attached hydrogen (secondary N) is 1. The number of alkyl halides is 3. The number of carbonyl (C=O) groups is 1. The van der Waals surface area contributed by atoms with Gasteiger partial charge in [0.15, 0.2) is 0 Å². The lowest BCUT2D eigenvalue weighted by Crippen LogP contribution is -2.44. The van der Waals surface area contributed by atoms with Crippen LogP contribution in [-0.2, 0) is 14.8 Å².